The third-order valence-corrected chi connectivity index (χ3v) is 6.40. The molecule has 0 radical (unpaired) electrons. The number of hydrogen-bond acceptors (Lipinski definition) is 2. The van der Waals surface area contributed by atoms with Gasteiger partial charge < -0.3 is 0 Å². The molecule has 122 valence electrons. The van der Waals surface area contributed by atoms with Crippen molar-refractivity contribution in [2.45, 2.75) is 31.2 Å². The summed E-state index contributed by atoms with van der Waals surface area (Å²) in [5.41, 5.74) is 1.65. The standard InChI is InChI=1S/C17H17Cl2NO2S/c18-16-9-6-14(10-17(16)19)12-23(21,22)20(15-7-8-15)11-13-4-2-1-3-5-13/h1-6,9-10,15H,7-8,11-12H2. The van der Waals surface area contributed by atoms with Crippen molar-refractivity contribution in [3.63, 3.8) is 0 Å². The van der Waals surface area contributed by atoms with Gasteiger partial charge in [-0.25, -0.2) is 8.42 Å². The van der Waals surface area contributed by atoms with Crippen LogP contribution in [-0.4, -0.2) is 18.8 Å². The van der Waals surface area contributed by atoms with E-state index in [2.05, 4.69) is 0 Å². The molecule has 2 aromatic rings. The summed E-state index contributed by atoms with van der Waals surface area (Å²) in [5, 5.41) is 0.802. The second-order valence-corrected chi connectivity index (χ2v) is 8.50. The molecule has 0 saturated heterocycles. The summed E-state index contributed by atoms with van der Waals surface area (Å²) in [5.74, 6) is -0.0623. The summed E-state index contributed by atoms with van der Waals surface area (Å²) in [6, 6.07) is 14.7. The molecule has 0 aliphatic heterocycles. The summed E-state index contributed by atoms with van der Waals surface area (Å²) < 4.78 is 27.3. The lowest BCUT2D eigenvalue weighted by atomic mass is 10.2. The first-order chi connectivity index (χ1) is 11.0. The van der Waals surface area contributed by atoms with E-state index in [-0.39, 0.29) is 11.8 Å². The fourth-order valence-electron chi connectivity index (χ4n) is 2.50. The van der Waals surface area contributed by atoms with Crippen molar-refractivity contribution < 1.29 is 8.42 Å². The van der Waals surface area contributed by atoms with Crippen molar-refractivity contribution in [1.29, 1.82) is 0 Å². The minimum atomic E-state index is -3.41. The van der Waals surface area contributed by atoms with E-state index in [4.69, 9.17) is 23.2 Å². The summed E-state index contributed by atoms with van der Waals surface area (Å²) in [7, 11) is -3.41. The molecule has 0 unspecified atom stereocenters. The average Bonchev–Trinajstić information content (AvgIpc) is 3.34. The van der Waals surface area contributed by atoms with Crippen LogP contribution in [0.5, 0.6) is 0 Å². The molecule has 0 aromatic heterocycles. The van der Waals surface area contributed by atoms with Crippen LogP contribution in [0.2, 0.25) is 10.0 Å². The van der Waals surface area contributed by atoms with Gasteiger partial charge in [-0.3, -0.25) is 0 Å². The molecule has 1 aliphatic carbocycles. The molecule has 1 fully saturated rings. The number of nitrogens with zero attached hydrogens (tertiary/aromatic N) is 1. The first kappa shape index (κ1) is 16.8. The van der Waals surface area contributed by atoms with Gasteiger partial charge in [0, 0.05) is 12.6 Å². The van der Waals surface area contributed by atoms with E-state index in [1.54, 1.807) is 22.5 Å². The third-order valence-electron chi connectivity index (χ3n) is 3.83. The zero-order valence-corrected chi connectivity index (χ0v) is 14.8. The third kappa shape index (κ3) is 4.27. The Morgan fingerprint density at radius 2 is 1.65 bits per heavy atom. The van der Waals surface area contributed by atoms with E-state index in [1.165, 1.54) is 0 Å². The Morgan fingerprint density at radius 1 is 0.957 bits per heavy atom. The minimum Gasteiger partial charge on any atom is -0.212 e. The van der Waals surface area contributed by atoms with E-state index in [0.717, 1.165) is 18.4 Å². The molecule has 0 bridgehead atoms. The smallest absolute Gasteiger partial charge is 0.212 e. The fourth-order valence-corrected chi connectivity index (χ4v) is 4.60. The summed E-state index contributed by atoms with van der Waals surface area (Å²) >= 11 is 11.9. The van der Waals surface area contributed by atoms with Gasteiger partial charge in [0.2, 0.25) is 10.0 Å². The lowest BCUT2D eigenvalue weighted by Gasteiger charge is -2.22. The molecule has 0 spiro atoms. The Bertz CT molecular complexity index is 789. The van der Waals surface area contributed by atoms with Gasteiger partial charge in [-0.1, -0.05) is 59.6 Å². The Hall–Kier alpha value is -1.07. The molecular formula is C17H17Cl2NO2S. The van der Waals surface area contributed by atoms with Crippen LogP contribution in [0.25, 0.3) is 0 Å². The lowest BCUT2D eigenvalue weighted by molar-refractivity contribution is 0.398. The van der Waals surface area contributed by atoms with Crippen molar-refractivity contribution in [1.82, 2.24) is 4.31 Å². The van der Waals surface area contributed by atoms with E-state index < -0.39 is 10.0 Å². The fraction of sp³-hybridized carbons (Fsp3) is 0.294. The van der Waals surface area contributed by atoms with Gasteiger partial charge in [-0.05, 0) is 36.1 Å². The summed E-state index contributed by atoms with van der Waals surface area (Å²) in [6.45, 7) is 0.412. The number of sulfonamides is 1. The highest BCUT2D eigenvalue weighted by molar-refractivity contribution is 7.88. The monoisotopic (exact) mass is 369 g/mol. The number of rotatable bonds is 6. The Labute approximate surface area is 146 Å². The predicted octanol–water partition coefficient (Wildman–Crippen LogP) is 4.49. The van der Waals surface area contributed by atoms with Gasteiger partial charge in [0.05, 0.1) is 15.8 Å². The molecule has 0 N–H and O–H groups in total. The van der Waals surface area contributed by atoms with Crippen LogP contribution >= 0.6 is 23.2 Å². The number of benzene rings is 2. The Balaban J connectivity index is 1.81. The minimum absolute atomic E-state index is 0.0623. The molecule has 0 heterocycles. The van der Waals surface area contributed by atoms with E-state index in [1.807, 2.05) is 30.3 Å². The molecule has 23 heavy (non-hydrogen) atoms. The zero-order valence-electron chi connectivity index (χ0n) is 12.5. The van der Waals surface area contributed by atoms with E-state index in [9.17, 15) is 8.42 Å². The van der Waals surface area contributed by atoms with Gasteiger partial charge in [0.1, 0.15) is 0 Å². The zero-order chi connectivity index (χ0) is 16.4. The molecule has 3 rings (SSSR count). The molecule has 3 nitrogen and oxygen atoms in total. The van der Waals surface area contributed by atoms with Gasteiger partial charge in [0.25, 0.3) is 0 Å². The van der Waals surface area contributed by atoms with E-state index in [0.29, 0.717) is 22.2 Å². The molecule has 0 atom stereocenters. The number of halogens is 2. The van der Waals surface area contributed by atoms with Crippen molar-refractivity contribution in [3.8, 4) is 0 Å². The molecule has 2 aromatic carbocycles. The molecule has 1 aliphatic rings. The summed E-state index contributed by atoms with van der Waals surface area (Å²) in [4.78, 5) is 0. The van der Waals surface area contributed by atoms with Gasteiger partial charge >= 0.3 is 0 Å². The highest BCUT2D eigenvalue weighted by Crippen LogP contribution is 2.32. The Kier molecular flexibility index (Phi) is 4.97. The van der Waals surface area contributed by atoms with Crippen LogP contribution in [0.3, 0.4) is 0 Å². The molecular weight excluding hydrogens is 353 g/mol. The van der Waals surface area contributed by atoms with Crippen LogP contribution in [0.1, 0.15) is 24.0 Å². The van der Waals surface area contributed by atoms with Crippen molar-refractivity contribution >= 4 is 33.2 Å². The average molecular weight is 370 g/mol. The van der Waals surface area contributed by atoms with Gasteiger partial charge in [-0.15, -0.1) is 0 Å². The van der Waals surface area contributed by atoms with Gasteiger partial charge in [-0.2, -0.15) is 4.31 Å². The maximum Gasteiger partial charge on any atom is 0.218 e. The second kappa shape index (κ2) is 6.81. The molecule has 0 amide bonds. The quantitative estimate of drug-likeness (QED) is 0.752. The largest absolute Gasteiger partial charge is 0.218 e. The van der Waals surface area contributed by atoms with Crippen LogP contribution in [0.4, 0.5) is 0 Å². The van der Waals surface area contributed by atoms with Crippen LogP contribution in [0, 0.1) is 0 Å². The van der Waals surface area contributed by atoms with Crippen LogP contribution < -0.4 is 0 Å². The normalized spacial score (nSPS) is 15.1. The first-order valence-corrected chi connectivity index (χ1v) is 9.79. The maximum absolute atomic E-state index is 12.8. The highest BCUT2D eigenvalue weighted by atomic mass is 35.5. The second-order valence-electron chi connectivity index (χ2n) is 5.77. The molecule has 6 heteroatoms. The summed E-state index contributed by atoms with van der Waals surface area (Å²) in [6.07, 6.45) is 1.85. The lowest BCUT2D eigenvalue weighted by Crippen LogP contribution is -2.33. The Morgan fingerprint density at radius 3 is 2.26 bits per heavy atom. The van der Waals surface area contributed by atoms with Crippen molar-refractivity contribution in [2.75, 3.05) is 0 Å². The predicted molar refractivity (Wildman–Crippen MR) is 94.1 cm³/mol. The SMILES string of the molecule is O=S(=O)(Cc1ccc(Cl)c(Cl)c1)N(Cc1ccccc1)C1CC1. The highest BCUT2D eigenvalue weighted by Gasteiger charge is 2.37. The maximum atomic E-state index is 12.8. The van der Waals surface area contributed by atoms with Crippen molar-refractivity contribution in [3.05, 3.63) is 69.7 Å². The van der Waals surface area contributed by atoms with Gasteiger partial charge in [0.15, 0.2) is 0 Å². The number of hydrogen-bond donors (Lipinski definition) is 0. The van der Waals surface area contributed by atoms with E-state index >= 15 is 0 Å². The van der Waals surface area contributed by atoms with Crippen molar-refractivity contribution in [2.24, 2.45) is 0 Å². The topological polar surface area (TPSA) is 37.4 Å². The van der Waals surface area contributed by atoms with Crippen LogP contribution in [0.15, 0.2) is 48.5 Å². The molecule has 1 saturated carbocycles. The van der Waals surface area contributed by atoms with Crippen LogP contribution in [-0.2, 0) is 22.3 Å². The first-order valence-electron chi connectivity index (χ1n) is 7.43.